The Balaban J connectivity index is 3.03. The van der Waals surface area contributed by atoms with Gasteiger partial charge in [0.15, 0.2) is 0 Å². The Morgan fingerprint density at radius 3 is 2.63 bits per heavy atom. The molecule has 5 nitrogen and oxygen atoms in total. The van der Waals surface area contributed by atoms with Crippen LogP contribution in [0.25, 0.3) is 0 Å². The summed E-state index contributed by atoms with van der Waals surface area (Å²) in [6.45, 7) is 3.78. The number of hydrogen-bond acceptors (Lipinski definition) is 3. The van der Waals surface area contributed by atoms with Gasteiger partial charge in [-0.15, -0.1) is 0 Å². The molecule has 0 bridgehead atoms. The first-order chi connectivity index (χ1) is 9.02. The van der Waals surface area contributed by atoms with Gasteiger partial charge in [-0.25, -0.2) is 0 Å². The molecule has 1 aromatic carbocycles. The van der Waals surface area contributed by atoms with Gasteiger partial charge in [0, 0.05) is 12.1 Å². The molecule has 0 fully saturated rings. The lowest BCUT2D eigenvalue weighted by atomic mass is 10.1. The van der Waals surface area contributed by atoms with Gasteiger partial charge in [-0.3, -0.25) is 4.72 Å². The van der Waals surface area contributed by atoms with Crippen LogP contribution in [0.3, 0.4) is 0 Å². The summed E-state index contributed by atoms with van der Waals surface area (Å²) in [5, 5.41) is 8.65. The van der Waals surface area contributed by atoms with Crippen LogP contribution in [0.4, 0.5) is 5.69 Å². The lowest BCUT2D eigenvalue weighted by Gasteiger charge is -2.12. The highest BCUT2D eigenvalue weighted by atomic mass is 32.2. The highest BCUT2D eigenvalue weighted by molar-refractivity contribution is 7.90. The average Bonchev–Trinajstić information content (AvgIpc) is 2.37. The van der Waals surface area contributed by atoms with Crippen LogP contribution in [-0.2, 0) is 16.6 Å². The minimum atomic E-state index is -3.52. The molecule has 0 saturated heterocycles. The van der Waals surface area contributed by atoms with Gasteiger partial charge in [-0.05, 0) is 30.2 Å². The summed E-state index contributed by atoms with van der Waals surface area (Å²) in [4.78, 5) is 0. The summed E-state index contributed by atoms with van der Waals surface area (Å²) in [5.74, 6) is 5.35. The average molecular weight is 282 g/mol. The van der Waals surface area contributed by atoms with E-state index in [9.17, 15) is 8.42 Å². The summed E-state index contributed by atoms with van der Waals surface area (Å²) >= 11 is 0. The molecular formula is C13H18N2O3S. The molecule has 0 aliphatic carbocycles. The highest BCUT2D eigenvalue weighted by Crippen LogP contribution is 2.18. The molecular weight excluding hydrogens is 264 g/mol. The van der Waals surface area contributed by atoms with Crippen LogP contribution in [0.15, 0.2) is 18.2 Å². The maximum Gasteiger partial charge on any atom is 0.299 e. The fourth-order valence-electron chi connectivity index (χ4n) is 1.58. The molecule has 19 heavy (non-hydrogen) atoms. The first-order valence-electron chi connectivity index (χ1n) is 6.02. The van der Waals surface area contributed by atoms with Crippen LogP contribution in [0, 0.1) is 11.8 Å². The van der Waals surface area contributed by atoms with Gasteiger partial charge in [0.1, 0.15) is 6.61 Å². The van der Waals surface area contributed by atoms with Crippen molar-refractivity contribution >= 4 is 15.9 Å². The van der Waals surface area contributed by atoms with Crippen molar-refractivity contribution in [2.75, 3.05) is 17.9 Å². The van der Waals surface area contributed by atoms with E-state index in [1.165, 1.54) is 0 Å². The third-order valence-electron chi connectivity index (χ3n) is 2.38. The predicted molar refractivity (Wildman–Crippen MR) is 76.0 cm³/mol. The van der Waals surface area contributed by atoms with Crippen LogP contribution in [0.5, 0.6) is 0 Å². The van der Waals surface area contributed by atoms with Gasteiger partial charge in [0.25, 0.3) is 10.2 Å². The molecule has 6 heteroatoms. The van der Waals surface area contributed by atoms with E-state index >= 15 is 0 Å². The van der Waals surface area contributed by atoms with Gasteiger partial charge in [-0.2, -0.15) is 13.1 Å². The molecule has 1 aromatic rings. The van der Waals surface area contributed by atoms with Crippen LogP contribution in [0.1, 0.15) is 25.0 Å². The Hall–Kier alpha value is -1.55. The number of rotatable bonds is 5. The second kappa shape index (κ2) is 7.14. The number of hydrogen-bond donors (Lipinski definition) is 3. The SMILES string of the molecule is CCNS(=O)(=O)Nc1ccc(C#CCO)cc1CC. The van der Waals surface area contributed by atoms with Crippen molar-refractivity contribution in [3.63, 3.8) is 0 Å². The third-order valence-corrected chi connectivity index (χ3v) is 3.53. The zero-order chi connectivity index (χ0) is 14.3. The van der Waals surface area contributed by atoms with E-state index in [-0.39, 0.29) is 6.61 Å². The van der Waals surface area contributed by atoms with Crippen LogP contribution < -0.4 is 9.44 Å². The fraction of sp³-hybridized carbons (Fsp3) is 0.385. The maximum absolute atomic E-state index is 11.6. The standard InChI is InChI=1S/C13H18N2O3S/c1-3-12-10-11(6-5-9-16)7-8-13(12)15-19(17,18)14-4-2/h7-8,10,14-16H,3-4,9H2,1-2H3. The normalized spacial score (nSPS) is 10.7. The van der Waals surface area contributed by atoms with Crippen molar-refractivity contribution in [2.24, 2.45) is 0 Å². The zero-order valence-electron chi connectivity index (χ0n) is 11.0. The van der Waals surface area contributed by atoms with Crippen molar-refractivity contribution in [1.82, 2.24) is 4.72 Å². The molecule has 0 aliphatic rings. The third kappa shape index (κ3) is 4.91. The molecule has 0 spiro atoms. The van der Waals surface area contributed by atoms with E-state index in [0.717, 1.165) is 11.1 Å². The molecule has 104 valence electrons. The monoisotopic (exact) mass is 282 g/mol. The molecule has 0 amide bonds. The second-order valence-corrected chi connectivity index (χ2v) is 5.29. The Kier molecular flexibility index (Phi) is 5.83. The van der Waals surface area contributed by atoms with E-state index in [2.05, 4.69) is 21.3 Å². The highest BCUT2D eigenvalue weighted by Gasteiger charge is 2.10. The summed E-state index contributed by atoms with van der Waals surface area (Å²) in [6.07, 6.45) is 0.679. The Morgan fingerprint density at radius 2 is 2.05 bits per heavy atom. The minimum Gasteiger partial charge on any atom is -0.384 e. The Labute approximate surface area is 114 Å². The molecule has 0 radical (unpaired) electrons. The van der Waals surface area contributed by atoms with E-state index in [1.807, 2.05) is 13.0 Å². The van der Waals surface area contributed by atoms with Crippen molar-refractivity contribution in [1.29, 1.82) is 0 Å². The molecule has 0 unspecified atom stereocenters. The number of benzene rings is 1. The smallest absolute Gasteiger partial charge is 0.299 e. The zero-order valence-corrected chi connectivity index (χ0v) is 11.8. The predicted octanol–water partition coefficient (Wildman–Crippen LogP) is 0.859. The number of aliphatic hydroxyl groups is 1. The maximum atomic E-state index is 11.6. The number of nitrogens with one attached hydrogen (secondary N) is 2. The fourth-order valence-corrected chi connectivity index (χ4v) is 2.52. The number of aliphatic hydroxyl groups excluding tert-OH is 1. The molecule has 1 rings (SSSR count). The van der Waals surface area contributed by atoms with Crippen molar-refractivity contribution in [3.8, 4) is 11.8 Å². The number of aryl methyl sites for hydroxylation is 1. The van der Waals surface area contributed by atoms with E-state index in [1.54, 1.807) is 19.1 Å². The lowest BCUT2D eigenvalue weighted by Crippen LogP contribution is -2.30. The summed E-state index contributed by atoms with van der Waals surface area (Å²) in [7, 11) is -3.52. The lowest BCUT2D eigenvalue weighted by molar-refractivity contribution is 0.350. The van der Waals surface area contributed by atoms with Crippen LogP contribution in [-0.4, -0.2) is 26.7 Å². The van der Waals surface area contributed by atoms with Gasteiger partial charge < -0.3 is 5.11 Å². The first kappa shape index (κ1) is 15.5. The van der Waals surface area contributed by atoms with Crippen LogP contribution in [0.2, 0.25) is 0 Å². The molecule has 0 heterocycles. The van der Waals surface area contributed by atoms with Gasteiger partial charge in [0.2, 0.25) is 0 Å². The van der Waals surface area contributed by atoms with E-state index in [4.69, 9.17) is 5.11 Å². The van der Waals surface area contributed by atoms with Crippen molar-refractivity contribution in [3.05, 3.63) is 29.3 Å². The molecule has 3 N–H and O–H groups in total. The van der Waals surface area contributed by atoms with Gasteiger partial charge in [0.05, 0.1) is 5.69 Å². The molecule has 0 saturated carbocycles. The van der Waals surface area contributed by atoms with Crippen molar-refractivity contribution in [2.45, 2.75) is 20.3 Å². The Morgan fingerprint density at radius 1 is 1.32 bits per heavy atom. The van der Waals surface area contributed by atoms with Gasteiger partial charge >= 0.3 is 0 Å². The summed E-state index contributed by atoms with van der Waals surface area (Å²) in [6, 6.07) is 5.20. The first-order valence-corrected chi connectivity index (χ1v) is 7.50. The summed E-state index contributed by atoms with van der Waals surface area (Å²) < 4.78 is 28.1. The van der Waals surface area contributed by atoms with E-state index < -0.39 is 10.2 Å². The molecule has 0 aliphatic heterocycles. The molecule has 0 aromatic heterocycles. The summed E-state index contributed by atoms with van der Waals surface area (Å²) in [5.41, 5.74) is 2.14. The second-order valence-electron chi connectivity index (χ2n) is 3.79. The van der Waals surface area contributed by atoms with E-state index in [0.29, 0.717) is 18.7 Å². The van der Waals surface area contributed by atoms with Crippen LogP contribution >= 0.6 is 0 Å². The topological polar surface area (TPSA) is 78.4 Å². The largest absolute Gasteiger partial charge is 0.384 e. The quantitative estimate of drug-likeness (QED) is 0.701. The Bertz CT molecular complexity index is 586. The molecule has 0 atom stereocenters. The number of anilines is 1. The minimum absolute atomic E-state index is 0.198. The van der Waals surface area contributed by atoms with Crippen molar-refractivity contribution < 1.29 is 13.5 Å². The van der Waals surface area contributed by atoms with Gasteiger partial charge in [-0.1, -0.05) is 25.7 Å².